The molecule has 0 unspecified atom stereocenters. The fourth-order valence-electron chi connectivity index (χ4n) is 4.36. The van der Waals surface area contributed by atoms with Crippen LogP contribution in [0.25, 0.3) is 33.0 Å². The molecule has 3 heteroatoms. The first-order valence-electron chi connectivity index (χ1n) is 9.87. The van der Waals surface area contributed by atoms with Crippen molar-refractivity contribution in [2.75, 3.05) is 5.32 Å². The lowest BCUT2D eigenvalue weighted by atomic mass is 9.94. The maximum Gasteiger partial charge on any atom is 0.211 e. The highest BCUT2D eigenvalue weighted by Gasteiger charge is 2.26. The van der Waals surface area contributed by atoms with Gasteiger partial charge >= 0.3 is 0 Å². The molecule has 5 rings (SSSR count). The van der Waals surface area contributed by atoms with Crippen LogP contribution in [-0.2, 0) is 4.79 Å². The summed E-state index contributed by atoms with van der Waals surface area (Å²) in [5.41, 5.74) is 8.01. The zero-order valence-electron chi connectivity index (χ0n) is 16.7. The van der Waals surface area contributed by atoms with Crippen LogP contribution in [0.15, 0.2) is 107 Å². The maximum atomic E-state index is 13.1. The van der Waals surface area contributed by atoms with Crippen LogP contribution in [0.3, 0.4) is 0 Å². The van der Waals surface area contributed by atoms with E-state index in [1.165, 1.54) is 27.6 Å². The summed E-state index contributed by atoms with van der Waals surface area (Å²) in [5, 5.41) is 5.65. The van der Waals surface area contributed by atoms with Gasteiger partial charge < -0.3 is 5.32 Å². The molecule has 0 amide bonds. The van der Waals surface area contributed by atoms with Crippen molar-refractivity contribution in [3.05, 3.63) is 102 Å². The Labute approximate surface area is 175 Å². The Kier molecular flexibility index (Phi) is 4.11. The number of carbonyl (C=O) groups excluding carboxylic acids is 1. The van der Waals surface area contributed by atoms with Gasteiger partial charge in [0.2, 0.25) is 5.78 Å². The molecule has 0 aliphatic heterocycles. The van der Waals surface area contributed by atoms with Crippen LogP contribution in [0.5, 0.6) is 0 Å². The number of carbonyl (C=O) groups is 1. The van der Waals surface area contributed by atoms with Gasteiger partial charge in [-0.1, -0.05) is 67.8 Å². The topological polar surface area (TPSA) is 41.5 Å². The molecule has 3 nitrogen and oxygen atoms in total. The van der Waals surface area contributed by atoms with Crippen LogP contribution in [0.4, 0.5) is 5.69 Å². The first kappa shape index (κ1) is 18.1. The Balaban J connectivity index is 1.61. The molecule has 0 radical (unpaired) electrons. The number of benzene rings is 3. The Bertz CT molecular complexity index is 1340. The molecule has 0 saturated heterocycles. The minimum Gasteiger partial charge on any atom is -0.352 e. The fraction of sp³-hybridized carbons (Fsp3) is 0.0370. The van der Waals surface area contributed by atoms with Crippen LogP contribution in [0, 0.1) is 0 Å². The number of hydrogen-bond donors (Lipinski definition) is 1. The summed E-state index contributed by atoms with van der Waals surface area (Å²) in [6.45, 7) is 9.69. The number of Topliss-reactive ketones (excluding diaryl/α,β-unsaturated/α-hetero) is 1. The highest BCUT2D eigenvalue weighted by atomic mass is 16.1. The number of hydrogen-bond acceptors (Lipinski definition) is 3. The zero-order chi connectivity index (χ0) is 20.8. The molecule has 3 aromatic rings. The average Bonchev–Trinajstić information content (AvgIpc) is 3.09. The summed E-state index contributed by atoms with van der Waals surface area (Å²) in [7, 11) is 0. The van der Waals surface area contributed by atoms with Gasteiger partial charge in [-0.05, 0) is 52.3 Å². The van der Waals surface area contributed by atoms with Crippen molar-refractivity contribution in [2.45, 2.75) is 6.92 Å². The second-order valence-corrected chi connectivity index (χ2v) is 7.33. The summed E-state index contributed by atoms with van der Waals surface area (Å²) in [4.78, 5) is 17.4. The molecule has 2 aliphatic carbocycles. The van der Waals surface area contributed by atoms with Gasteiger partial charge in [0.15, 0.2) is 0 Å². The molecular formula is C27H20N2O. The van der Waals surface area contributed by atoms with Crippen LogP contribution in [0.1, 0.15) is 6.92 Å². The van der Waals surface area contributed by atoms with Crippen LogP contribution in [-0.4, -0.2) is 12.0 Å². The molecular weight excluding hydrogens is 368 g/mol. The standard InChI is InChI=1S/C27H20N2O/c1-4-17-26(28-5-2)16(3)15-24(27(17)30)29-23-14-13-21-19-10-7-6-9-18(19)20-11-8-12-22(23)25(20)21/h4-15,29H,1,3H2,2H3. The van der Waals surface area contributed by atoms with Crippen molar-refractivity contribution < 1.29 is 4.79 Å². The van der Waals surface area contributed by atoms with Gasteiger partial charge in [0.05, 0.1) is 11.4 Å². The number of aliphatic imine (C=N–C) groups is 1. The van der Waals surface area contributed by atoms with E-state index in [1.807, 2.05) is 13.0 Å². The third kappa shape index (κ3) is 2.52. The van der Waals surface area contributed by atoms with Crippen molar-refractivity contribution in [3.8, 4) is 22.3 Å². The van der Waals surface area contributed by atoms with Crippen molar-refractivity contribution in [1.29, 1.82) is 0 Å². The summed E-state index contributed by atoms with van der Waals surface area (Å²) in [6, 6.07) is 18.9. The Morgan fingerprint density at radius 2 is 1.63 bits per heavy atom. The van der Waals surface area contributed by atoms with E-state index in [-0.39, 0.29) is 5.78 Å². The van der Waals surface area contributed by atoms with Gasteiger partial charge in [0, 0.05) is 22.9 Å². The van der Waals surface area contributed by atoms with E-state index >= 15 is 0 Å². The Hall–Kier alpha value is -3.98. The molecule has 1 N–H and O–H groups in total. The highest BCUT2D eigenvalue weighted by molar-refractivity contribution is 6.20. The third-order valence-electron chi connectivity index (χ3n) is 5.65. The lowest BCUT2D eigenvalue weighted by Crippen LogP contribution is -2.18. The fourth-order valence-corrected chi connectivity index (χ4v) is 4.36. The van der Waals surface area contributed by atoms with Gasteiger partial charge in [-0.15, -0.1) is 0 Å². The average molecular weight is 388 g/mol. The van der Waals surface area contributed by atoms with Gasteiger partial charge in [-0.25, -0.2) is 0 Å². The molecule has 0 atom stereocenters. The second-order valence-electron chi connectivity index (χ2n) is 7.33. The molecule has 0 fully saturated rings. The van der Waals surface area contributed by atoms with Gasteiger partial charge in [0.25, 0.3) is 0 Å². The zero-order valence-corrected chi connectivity index (χ0v) is 16.7. The molecule has 0 heterocycles. The van der Waals surface area contributed by atoms with Crippen molar-refractivity contribution in [1.82, 2.24) is 0 Å². The number of nitrogens with one attached hydrogen (secondary N) is 1. The molecule has 144 valence electrons. The molecule has 0 spiro atoms. The Morgan fingerprint density at radius 1 is 0.933 bits per heavy atom. The quantitative estimate of drug-likeness (QED) is 0.408. The second kappa shape index (κ2) is 6.82. The lowest BCUT2D eigenvalue weighted by Gasteiger charge is -2.19. The van der Waals surface area contributed by atoms with E-state index in [4.69, 9.17) is 0 Å². The molecule has 2 aliphatic rings. The minimum absolute atomic E-state index is 0.135. The number of anilines is 1. The molecule has 30 heavy (non-hydrogen) atoms. The monoisotopic (exact) mass is 388 g/mol. The van der Waals surface area contributed by atoms with Gasteiger partial charge in [0.1, 0.15) is 0 Å². The number of fused-ring (bicyclic) bond motifs is 3. The van der Waals surface area contributed by atoms with Crippen LogP contribution < -0.4 is 5.32 Å². The number of ketones is 1. The van der Waals surface area contributed by atoms with E-state index in [1.54, 1.807) is 18.4 Å². The molecule has 0 aromatic heterocycles. The largest absolute Gasteiger partial charge is 0.352 e. The van der Waals surface area contributed by atoms with Gasteiger partial charge in [-0.3, -0.25) is 9.79 Å². The minimum atomic E-state index is -0.135. The van der Waals surface area contributed by atoms with E-state index in [0.717, 1.165) is 11.1 Å². The first-order chi connectivity index (χ1) is 14.6. The normalized spacial score (nSPS) is 15.0. The van der Waals surface area contributed by atoms with E-state index in [2.05, 4.69) is 72.0 Å². The van der Waals surface area contributed by atoms with Crippen molar-refractivity contribution in [2.24, 2.45) is 4.99 Å². The smallest absolute Gasteiger partial charge is 0.211 e. The van der Waals surface area contributed by atoms with Crippen LogP contribution in [0.2, 0.25) is 0 Å². The number of rotatable bonds is 4. The molecule has 0 saturated carbocycles. The van der Waals surface area contributed by atoms with Gasteiger partial charge in [-0.2, -0.15) is 0 Å². The first-order valence-corrected chi connectivity index (χ1v) is 9.87. The summed E-state index contributed by atoms with van der Waals surface area (Å²) < 4.78 is 0. The van der Waals surface area contributed by atoms with E-state index < -0.39 is 0 Å². The summed E-state index contributed by atoms with van der Waals surface area (Å²) in [5.74, 6) is -0.135. The number of nitrogens with zero attached hydrogens (tertiary/aromatic N) is 1. The Morgan fingerprint density at radius 3 is 2.33 bits per heavy atom. The maximum absolute atomic E-state index is 13.1. The molecule has 3 aromatic carbocycles. The highest BCUT2D eigenvalue weighted by Crippen LogP contribution is 2.48. The third-order valence-corrected chi connectivity index (χ3v) is 5.65. The van der Waals surface area contributed by atoms with E-state index in [0.29, 0.717) is 22.5 Å². The number of allylic oxidation sites excluding steroid dienone is 3. The summed E-state index contributed by atoms with van der Waals surface area (Å²) in [6.07, 6.45) is 4.97. The molecule has 0 bridgehead atoms. The predicted molar refractivity (Wildman–Crippen MR) is 126 cm³/mol. The van der Waals surface area contributed by atoms with Crippen molar-refractivity contribution in [3.63, 3.8) is 0 Å². The van der Waals surface area contributed by atoms with E-state index in [9.17, 15) is 4.79 Å². The predicted octanol–water partition coefficient (Wildman–Crippen LogP) is 6.45. The summed E-state index contributed by atoms with van der Waals surface area (Å²) >= 11 is 0. The lowest BCUT2D eigenvalue weighted by molar-refractivity contribution is -0.111. The van der Waals surface area contributed by atoms with Crippen LogP contribution >= 0.6 is 0 Å². The van der Waals surface area contributed by atoms with Crippen molar-refractivity contribution >= 4 is 28.5 Å². The SMILES string of the molecule is C=CC1=C(N=CC)C(=C)C=C(Nc2ccc3c4c(cccc24)-c2ccccc2-3)C1=O.